The molecule has 4 aromatic rings. The monoisotopic (exact) mass is 429 g/mol. The second kappa shape index (κ2) is 8.05. The molecule has 1 N–H and O–H groups in total. The predicted molar refractivity (Wildman–Crippen MR) is 117 cm³/mol. The van der Waals surface area contributed by atoms with Gasteiger partial charge in [0, 0.05) is 33.1 Å². The average Bonchev–Trinajstić information content (AvgIpc) is 3.08. The lowest BCUT2D eigenvalue weighted by Crippen LogP contribution is -2.21. The van der Waals surface area contributed by atoms with Gasteiger partial charge in [-0.2, -0.15) is 0 Å². The fraction of sp³-hybridized carbons (Fsp3) is 0.143. The van der Waals surface area contributed by atoms with Crippen LogP contribution in [0.5, 0.6) is 0 Å². The molecule has 0 fully saturated rings. The first-order valence-electron chi connectivity index (χ1n) is 8.69. The summed E-state index contributed by atoms with van der Waals surface area (Å²) in [6.07, 6.45) is 0. The van der Waals surface area contributed by atoms with Crippen LogP contribution in [0, 0.1) is 0 Å². The van der Waals surface area contributed by atoms with E-state index in [1.165, 1.54) is 11.3 Å². The Morgan fingerprint density at radius 2 is 1.79 bits per heavy atom. The molecule has 2 heterocycles. The second-order valence-electron chi connectivity index (χ2n) is 6.62. The van der Waals surface area contributed by atoms with Gasteiger partial charge in [-0.3, -0.25) is 9.69 Å². The van der Waals surface area contributed by atoms with Crippen molar-refractivity contribution in [2.45, 2.75) is 13.1 Å². The smallest absolute Gasteiger partial charge is 0.260 e. The van der Waals surface area contributed by atoms with Crippen molar-refractivity contribution in [2.24, 2.45) is 0 Å². The molecular formula is C21H17Cl2N3OS. The minimum absolute atomic E-state index is 0.143. The maximum absolute atomic E-state index is 12.8. The normalized spacial score (nSPS) is 11.4. The third kappa shape index (κ3) is 3.98. The Hall–Kier alpha value is -2.18. The van der Waals surface area contributed by atoms with E-state index in [1.807, 2.05) is 61.0 Å². The lowest BCUT2D eigenvalue weighted by Gasteiger charge is -2.16. The third-order valence-electron chi connectivity index (χ3n) is 4.44. The molecule has 0 aliphatic heterocycles. The summed E-state index contributed by atoms with van der Waals surface area (Å²) in [6, 6.07) is 15.3. The Morgan fingerprint density at radius 1 is 1.04 bits per heavy atom. The number of nitrogens with zero attached hydrogens (tertiary/aromatic N) is 2. The van der Waals surface area contributed by atoms with Crippen molar-refractivity contribution in [1.29, 1.82) is 0 Å². The maximum Gasteiger partial charge on any atom is 0.260 e. The van der Waals surface area contributed by atoms with E-state index in [0.717, 1.165) is 28.3 Å². The molecule has 4 nitrogen and oxygen atoms in total. The Kier molecular flexibility index (Phi) is 5.51. The summed E-state index contributed by atoms with van der Waals surface area (Å²) < 4.78 is 0. The number of H-pyrrole nitrogens is 1. The fourth-order valence-electron chi connectivity index (χ4n) is 3.16. The Labute approximate surface area is 176 Å². The second-order valence-corrected chi connectivity index (χ2v) is 8.32. The van der Waals surface area contributed by atoms with E-state index in [0.29, 0.717) is 27.6 Å². The van der Waals surface area contributed by atoms with E-state index >= 15 is 0 Å². The molecule has 0 radical (unpaired) electrons. The molecule has 0 bridgehead atoms. The molecule has 2 aromatic heterocycles. The standard InChI is InChI=1S/C21H17Cl2N3OS/c1-26(10-13-6-8-14(22)9-7-13)11-18-24-20(27)19-16(12-28-21(19)25-18)15-4-2-3-5-17(15)23/h2-9,12H,10-11H2,1H3,(H,24,25,27). The van der Waals surface area contributed by atoms with Crippen molar-refractivity contribution >= 4 is 44.8 Å². The van der Waals surface area contributed by atoms with Crippen LogP contribution in [0.2, 0.25) is 10.0 Å². The van der Waals surface area contributed by atoms with Crippen LogP contribution >= 0.6 is 34.5 Å². The largest absolute Gasteiger partial charge is 0.309 e. The topological polar surface area (TPSA) is 49.0 Å². The Morgan fingerprint density at radius 3 is 2.54 bits per heavy atom. The van der Waals surface area contributed by atoms with Gasteiger partial charge in [0.1, 0.15) is 10.7 Å². The van der Waals surface area contributed by atoms with Crippen molar-refractivity contribution in [3.63, 3.8) is 0 Å². The average molecular weight is 430 g/mol. The lowest BCUT2D eigenvalue weighted by molar-refractivity contribution is 0.311. The van der Waals surface area contributed by atoms with Crippen LogP contribution < -0.4 is 5.56 Å². The van der Waals surface area contributed by atoms with Crippen LogP contribution in [0.15, 0.2) is 58.7 Å². The summed E-state index contributed by atoms with van der Waals surface area (Å²) in [5, 5.41) is 3.86. The highest BCUT2D eigenvalue weighted by Crippen LogP contribution is 2.34. The van der Waals surface area contributed by atoms with Gasteiger partial charge in [0.25, 0.3) is 5.56 Å². The minimum atomic E-state index is -0.143. The van der Waals surface area contributed by atoms with E-state index in [-0.39, 0.29) is 5.56 Å². The van der Waals surface area contributed by atoms with Gasteiger partial charge in [0.15, 0.2) is 0 Å². The van der Waals surface area contributed by atoms with Crippen LogP contribution in [0.4, 0.5) is 0 Å². The molecule has 142 valence electrons. The quantitative estimate of drug-likeness (QED) is 0.449. The number of aromatic amines is 1. The lowest BCUT2D eigenvalue weighted by atomic mass is 10.1. The summed E-state index contributed by atoms with van der Waals surface area (Å²) in [5.41, 5.74) is 2.67. The zero-order valence-electron chi connectivity index (χ0n) is 15.1. The summed E-state index contributed by atoms with van der Waals surface area (Å²) in [4.78, 5) is 23.2. The Balaban J connectivity index is 1.61. The summed E-state index contributed by atoms with van der Waals surface area (Å²) in [7, 11) is 1.99. The Bertz CT molecular complexity index is 1180. The van der Waals surface area contributed by atoms with Gasteiger partial charge >= 0.3 is 0 Å². The molecule has 2 aromatic carbocycles. The highest BCUT2D eigenvalue weighted by Gasteiger charge is 2.15. The molecule has 7 heteroatoms. The first-order chi connectivity index (χ1) is 13.5. The summed E-state index contributed by atoms with van der Waals surface area (Å²) in [5.74, 6) is 0.640. The van der Waals surface area contributed by atoms with E-state index in [4.69, 9.17) is 23.2 Å². The van der Waals surface area contributed by atoms with Gasteiger partial charge in [0.05, 0.1) is 11.9 Å². The number of hydrogen-bond acceptors (Lipinski definition) is 4. The van der Waals surface area contributed by atoms with Gasteiger partial charge in [-0.1, -0.05) is 53.5 Å². The zero-order valence-corrected chi connectivity index (χ0v) is 17.4. The van der Waals surface area contributed by atoms with Gasteiger partial charge in [-0.05, 0) is 30.8 Å². The number of benzene rings is 2. The first-order valence-corrected chi connectivity index (χ1v) is 10.3. The van der Waals surface area contributed by atoms with Crippen LogP contribution in [0.3, 0.4) is 0 Å². The zero-order chi connectivity index (χ0) is 19.7. The molecule has 0 saturated carbocycles. The minimum Gasteiger partial charge on any atom is -0.309 e. The number of rotatable bonds is 5. The molecule has 0 spiro atoms. The van der Waals surface area contributed by atoms with Gasteiger partial charge < -0.3 is 4.98 Å². The molecule has 0 amide bonds. The van der Waals surface area contributed by atoms with Crippen molar-refractivity contribution in [3.8, 4) is 11.1 Å². The van der Waals surface area contributed by atoms with Gasteiger partial charge in [0.2, 0.25) is 0 Å². The van der Waals surface area contributed by atoms with Gasteiger partial charge in [-0.25, -0.2) is 4.98 Å². The first kappa shape index (κ1) is 19.2. The molecule has 28 heavy (non-hydrogen) atoms. The number of nitrogens with one attached hydrogen (secondary N) is 1. The summed E-state index contributed by atoms with van der Waals surface area (Å²) in [6.45, 7) is 1.27. The molecule has 0 saturated heterocycles. The summed E-state index contributed by atoms with van der Waals surface area (Å²) >= 11 is 13.7. The van der Waals surface area contributed by atoms with Crippen molar-refractivity contribution in [3.05, 3.63) is 85.7 Å². The maximum atomic E-state index is 12.8. The van der Waals surface area contributed by atoms with Crippen LogP contribution in [-0.2, 0) is 13.1 Å². The molecule has 4 rings (SSSR count). The van der Waals surface area contributed by atoms with Crippen LogP contribution in [-0.4, -0.2) is 21.9 Å². The number of thiophene rings is 1. The molecular weight excluding hydrogens is 413 g/mol. The van der Waals surface area contributed by atoms with Gasteiger partial charge in [-0.15, -0.1) is 11.3 Å². The van der Waals surface area contributed by atoms with Crippen molar-refractivity contribution in [1.82, 2.24) is 14.9 Å². The number of fused-ring (bicyclic) bond motifs is 1. The van der Waals surface area contributed by atoms with E-state index in [1.54, 1.807) is 0 Å². The molecule has 0 atom stereocenters. The predicted octanol–water partition coefficient (Wildman–Crippen LogP) is 5.59. The molecule has 0 aliphatic rings. The van der Waals surface area contributed by atoms with E-state index in [9.17, 15) is 4.79 Å². The van der Waals surface area contributed by atoms with E-state index in [2.05, 4.69) is 14.9 Å². The van der Waals surface area contributed by atoms with E-state index < -0.39 is 0 Å². The molecule has 0 aliphatic carbocycles. The van der Waals surface area contributed by atoms with Crippen molar-refractivity contribution in [2.75, 3.05) is 7.05 Å². The highest BCUT2D eigenvalue weighted by molar-refractivity contribution is 7.17. The fourth-order valence-corrected chi connectivity index (χ4v) is 4.48. The SMILES string of the molecule is CN(Cc1ccc(Cl)cc1)Cc1nc2scc(-c3ccccc3Cl)c2c(=O)[nH]1. The van der Waals surface area contributed by atoms with Crippen LogP contribution in [0.1, 0.15) is 11.4 Å². The molecule has 0 unspecified atom stereocenters. The van der Waals surface area contributed by atoms with Crippen LogP contribution in [0.25, 0.3) is 21.3 Å². The number of aromatic nitrogens is 2. The third-order valence-corrected chi connectivity index (χ3v) is 5.90. The number of halogens is 2. The van der Waals surface area contributed by atoms with Crippen molar-refractivity contribution < 1.29 is 0 Å². The number of hydrogen-bond donors (Lipinski definition) is 1. The highest BCUT2D eigenvalue weighted by atomic mass is 35.5.